The van der Waals surface area contributed by atoms with Gasteiger partial charge in [0.1, 0.15) is 0 Å². The first-order valence-electron chi connectivity index (χ1n) is 5.18. The van der Waals surface area contributed by atoms with Gasteiger partial charge in [-0.2, -0.15) is 0 Å². The molecule has 5 heteroatoms. The number of hydrogen-bond donors (Lipinski definition) is 3. The van der Waals surface area contributed by atoms with Gasteiger partial charge in [-0.05, 0) is 25.9 Å². The van der Waals surface area contributed by atoms with Crippen LogP contribution in [0.1, 0.15) is 12.8 Å². The molecule has 2 amide bonds. The SMILES string of the molecule is O=C(NCCO)NCCN1CCCC1. The average molecular weight is 201 g/mol. The predicted octanol–water partition coefficient (Wildman–Crippen LogP) is -0.626. The van der Waals surface area contributed by atoms with Crippen molar-refractivity contribution < 1.29 is 9.90 Å². The van der Waals surface area contributed by atoms with Gasteiger partial charge in [-0.15, -0.1) is 0 Å². The molecule has 14 heavy (non-hydrogen) atoms. The second-order valence-electron chi connectivity index (χ2n) is 3.46. The minimum Gasteiger partial charge on any atom is -0.395 e. The molecule has 0 saturated carbocycles. The molecule has 0 bridgehead atoms. The van der Waals surface area contributed by atoms with Gasteiger partial charge in [-0.1, -0.05) is 0 Å². The van der Waals surface area contributed by atoms with Crippen molar-refractivity contribution in [1.29, 1.82) is 0 Å². The normalized spacial score (nSPS) is 16.9. The van der Waals surface area contributed by atoms with Crippen LogP contribution in [0.5, 0.6) is 0 Å². The van der Waals surface area contributed by atoms with Crippen LogP contribution in [-0.4, -0.2) is 55.4 Å². The monoisotopic (exact) mass is 201 g/mol. The van der Waals surface area contributed by atoms with E-state index in [0.29, 0.717) is 13.1 Å². The van der Waals surface area contributed by atoms with E-state index in [2.05, 4.69) is 15.5 Å². The fraction of sp³-hybridized carbons (Fsp3) is 0.889. The number of amides is 2. The number of carbonyl (C=O) groups is 1. The minimum absolute atomic E-state index is 0.0143. The maximum Gasteiger partial charge on any atom is 0.314 e. The van der Waals surface area contributed by atoms with Gasteiger partial charge in [0.25, 0.3) is 0 Å². The summed E-state index contributed by atoms with van der Waals surface area (Å²) in [6.07, 6.45) is 2.55. The molecule has 0 aromatic carbocycles. The van der Waals surface area contributed by atoms with E-state index in [4.69, 9.17) is 5.11 Å². The molecule has 5 nitrogen and oxygen atoms in total. The Morgan fingerprint density at radius 1 is 1.21 bits per heavy atom. The molecule has 0 aromatic heterocycles. The van der Waals surface area contributed by atoms with Crippen LogP contribution < -0.4 is 10.6 Å². The van der Waals surface area contributed by atoms with Crippen LogP contribution in [0.4, 0.5) is 4.79 Å². The highest BCUT2D eigenvalue weighted by molar-refractivity contribution is 5.73. The second kappa shape index (κ2) is 6.62. The summed E-state index contributed by atoms with van der Waals surface area (Å²) in [4.78, 5) is 13.4. The maximum absolute atomic E-state index is 11.0. The lowest BCUT2D eigenvalue weighted by molar-refractivity contribution is 0.232. The zero-order valence-corrected chi connectivity index (χ0v) is 8.46. The number of nitrogens with zero attached hydrogens (tertiary/aromatic N) is 1. The van der Waals surface area contributed by atoms with Gasteiger partial charge in [0, 0.05) is 19.6 Å². The Morgan fingerprint density at radius 2 is 1.86 bits per heavy atom. The van der Waals surface area contributed by atoms with Crippen molar-refractivity contribution in [3.05, 3.63) is 0 Å². The van der Waals surface area contributed by atoms with Crippen molar-refractivity contribution in [3.8, 4) is 0 Å². The summed E-state index contributed by atoms with van der Waals surface area (Å²) in [6.45, 7) is 4.21. The maximum atomic E-state index is 11.0. The Kier molecular flexibility index (Phi) is 5.32. The van der Waals surface area contributed by atoms with E-state index < -0.39 is 0 Å². The van der Waals surface area contributed by atoms with Crippen molar-refractivity contribution in [2.45, 2.75) is 12.8 Å². The summed E-state index contributed by atoms with van der Waals surface area (Å²) in [5.74, 6) is 0. The van der Waals surface area contributed by atoms with Crippen LogP contribution >= 0.6 is 0 Å². The number of nitrogens with one attached hydrogen (secondary N) is 2. The van der Waals surface area contributed by atoms with Crippen molar-refractivity contribution >= 4 is 6.03 Å². The molecule has 0 aromatic rings. The number of carbonyl (C=O) groups excluding carboxylic acids is 1. The Balaban J connectivity index is 1.94. The molecule has 3 N–H and O–H groups in total. The van der Waals surface area contributed by atoms with Crippen molar-refractivity contribution in [2.75, 3.05) is 39.3 Å². The third-order valence-corrected chi connectivity index (χ3v) is 2.31. The van der Waals surface area contributed by atoms with Gasteiger partial charge in [0.05, 0.1) is 6.61 Å². The van der Waals surface area contributed by atoms with Crippen molar-refractivity contribution in [1.82, 2.24) is 15.5 Å². The lowest BCUT2D eigenvalue weighted by atomic mass is 10.4. The molecule has 1 rings (SSSR count). The van der Waals surface area contributed by atoms with E-state index in [1.54, 1.807) is 0 Å². The minimum atomic E-state index is -0.196. The molecule has 1 fully saturated rings. The smallest absolute Gasteiger partial charge is 0.314 e. The van der Waals surface area contributed by atoms with Gasteiger partial charge < -0.3 is 20.6 Å². The number of urea groups is 1. The lowest BCUT2D eigenvalue weighted by Crippen LogP contribution is -2.40. The molecule has 0 unspecified atom stereocenters. The number of aliphatic hydroxyl groups is 1. The zero-order valence-electron chi connectivity index (χ0n) is 8.46. The fourth-order valence-electron chi connectivity index (χ4n) is 1.57. The summed E-state index contributed by atoms with van der Waals surface area (Å²) in [7, 11) is 0. The fourth-order valence-corrected chi connectivity index (χ4v) is 1.57. The summed E-state index contributed by atoms with van der Waals surface area (Å²) in [5.41, 5.74) is 0. The molecular weight excluding hydrogens is 182 g/mol. The first-order valence-corrected chi connectivity index (χ1v) is 5.18. The van der Waals surface area contributed by atoms with E-state index in [-0.39, 0.29) is 12.6 Å². The molecular formula is C9H19N3O2. The zero-order chi connectivity index (χ0) is 10.2. The van der Waals surface area contributed by atoms with Crippen molar-refractivity contribution in [3.63, 3.8) is 0 Å². The summed E-state index contributed by atoms with van der Waals surface area (Å²) >= 11 is 0. The van der Waals surface area contributed by atoms with Crippen LogP contribution in [0, 0.1) is 0 Å². The van der Waals surface area contributed by atoms with Gasteiger partial charge in [0.2, 0.25) is 0 Å². The molecule has 0 aliphatic carbocycles. The average Bonchev–Trinajstić information content (AvgIpc) is 2.67. The van der Waals surface area contributed by atoms with E-state index in [0.717, 1.165) is 19.6 Å². The second-order valence-corrected chi connectivity index (χ2v) is 3.46. The summed E-state index contributed by atoms with van der Waals surface area (Å²) in [5, 5.41) is 13.7. The van der Waals surface area contributed by atoms with Crippen LogP contribution in [0.2, 0.25) is 0 Å². The number of hydrogen-bond acceptors (Lipinski definition) is 3. The van der Waals surface area contributed by atoms with Gasteiger partial charge in [-0.3, -0.25) is 0 Å². The Hall–Kier alpha value is -0.810. The standard InChI is InChI=1S/C9H19N3O2/c13-8-4-11-9(14)10-3-7-12-5-1-2-6-12/h13H,1-8H2,(H2,10,11,14). The van der Waals surface area contributed by atoms with Gasteiger partial charge in [0.15, 0.2) is 0 Å². The third-order valence-electron chi connectivity index (χ3n) is 2.31. The Labute approximate surface area is 84.5 Å². The molecule has 1 heterocycles. The van der Waals surface area contributed by atoms with Crippen molar-refractivity contribution in [2.24, 2.45) is 0 Å². The number of rotatable bonds is 5. The highest BCUT2D eigenvalue weighted by atomic mass is 16.3. The van der Waals surface area contributed by atoms with Crippen LogP contribution in [0.15, 0.2) is 0 Å². The molecule has 0 radical (unpaired) electrons. The van der Waals surface area contributed by atoms with Gasteiger partial charge in [-0.25, -0.2) is 4.79 Å². The first kappa shape index (κ1) is 11.3. The molecule has 1 saturated heterocycles. The highest BCUT2D eigenvalue weighted by Gasteiger charge is 2.10. The molecule has 82 valence electrons. The first-order chi connectivity index (χ1) is 6.83. The highest BCUT2D eigenvalue weighted by Crippen LogP contribution is 2.05. The topological polar surface area (TPSA) is 64.6 Å². The predicted molar refractivity (Wildman–Crippen MR) is 54.2 cm³/mol. The van der Waals surface area contributed by atoms with E-state index in [1.165, 1.54) is 12.8 Å². The Bertz CT molecular complexity index is 169. The number of likely N-dealkylation sites (tertiary alicyclic amines) is 1. The Morgan fingerprint density at radius 3 is 2.50 bits per heavy atom. The van der Waals surface area contributed by atoms with Crippen LogP contribution in [-0.2, 0) is 0 Å². The summed E-state index contributed by atoms with van der Waals surface area (Å²) < 4.78 is 0. The summed E-state index contributed by atoms with van der Waals surface area (Å²) in [6, 6.07) is -0.196. The molecule has 0 spiro atoms. The van der Waals surface area contributed by atoms with E-state index in [9.17, 15) is 4.79 Å². The quantitative estimate of drug-likeness (QED) is 0.555. The van der Waals surface area contributed by atoms with E-state index in [1.807, 2.05) is 0 Å². The largest absolute Gasteiger partial charge is 0.395 e. The number of aliphatic hydroxyl groups excluding tert-OH is 1. The third kappa shape index (κ3) is 4.43. The van der Waals surface area contributed by atoms with Crippen LogP contribution in [0.25, 0.3) is 0 Å². The lowest BCUT2D eigenvalue weighted by Gasteiger charge is -2.14. The molecule has 1 aliphatic rings. The molecule has 0 atom stereocenters. The van der Waals surface area contributed by atoms with Crippen LogP contribution in [0.3, 0.4) is 0 Å². The molecule has 1 aliphatic heterocycles. The van der Waals surface area contributed by atoms with E-state index >= 15 is 0 Å². The van der Waals surface area contributed by atoms with Gasteiger partial charge >= 0.3 is 6.03 Å².